The van der Waals surface area contributed by atoms with E-state index < -0.39 is 6.10 Å². The Bertz CT molecular complexity index is 286. The van der Waals surface area contributed by atoms with Crippen LogP contribution in [0.5, 0.6) is 0 Å². The van der Waals surface area contributed by atoms with Gasteiger partial charge in [-0.2, -0.15) is 0 Å². The summed E-state index contributed by atoms with van der Waals surface area (Å²) in [6.07, 6.45) is -0.494. The molecule has 1 unspecified atom stereocenters. The predicted octanol–water partition coefficient (Wildman–Crippen LogP) is -0.572. The van der Waals surface area contributed by atoms with Crippen molar-refractivity contribution in [3.05, 3.63) is 0 Å². The smallest absolute Gasteiger partial charge is 0.250 e. The van der Waals surface area contributed by atoms with Crippen molar-refractivity contribution >= 4 is 24.2 Å². The number of hydrogen-bond donors (Lipinski definition) is 3. The van der Waals surface area contributed by atoms with Crippen LogP contribution in [0.25, 0.3) is 0 Å². The van der Waals surface area contributed by atoms with Gasteiger partial charge in [-0.05, 0) is 20.8 Å². The van der Waals surface area contributed by atoms with Crippen molar-refractivity contribution in [2.45, 2.75) is 32.4 Å². The van der Waals surface area contributed by atoms with Gasteiger partial charge in [0.15, 0.2) is 0 Å². The zero-order valence-corrected chi connectivity index (χ0v) is 11.9. The molecule has 1 aliphatic heterocycles. The average molecular weight is 280 g/mol. The molecule has 6 nitrogen and oxygen atoms in total. The van der Waals surface area contributed by atoms with E-state index in [9.17, 15) is 9.59 Å². The number of carbonyl (C=O) groups is 2. The predicted molar refractivity (Wildman–Crippen MR) is 70.8 cm³/mol. The molecule has 1 saturated heterocycles. The molecule has 0 bridgehead atoms. The maximum absolute atomic E-state index is 11.6. The quantitative estimate of drug-likeness (QED) is 0.646. The third-order valence-electron chi connectivity index (χ3n) is 2.16. The Hall–Kier alpha value is -0.850. The summed E-state index contributed by atoms with van der Waals surface area (Å²) < 4.78 is 5.27. The highest BCUT2D eigenvalue weighted by atomic mass is 35.5. The van der Waals surface area contributed by atoms with E-state index in [0.29, 0.717) is 13.2 Å². The van der Waals surface area contributed by atoms with Crippen molar-refractivity contribution < 1.29 is 14.3 Å². The summed E-state index contributed by atoms with van der Waals surface area (Å²) in [6.45, 7) is 7.42. The first kappa shape index (κ1) is 17.2. The zero-order chi connectivity index (χ0) is 12.9. The van der Waals surface area contributed by atoms with Gasteiger partial charge in [0.25, 0.3) is 5.91 Å². The molecular formula is C11H22ClN3O3. The molecule has 1 heterocycles. The second kappa shape index (κ2) is 7.56. The van der Waals surface area contributed by atoms with E-state index in [0.717, 1.165) is 6.54 Å². The van der Waals surface area contributed by atoms with Crippen molar-refractivity contribution in [3.63, 3.8) is 0 Å². The molecular weight excluding hydrogens is 258 g/mol. The summed E-state index contributed by atoms with van der Waals surface area (Å²) in [5, 5.41) is 8.38. The number of halogens is 1. The van der Waals surface area contributed by atoms with Crippen molar-refractivity contribution in [3.8, 4) is 0 Å². The standard InChI is InChI=1S/C11H21N3O3.ClH/c1-11(2,3)14-9(15)7-13-10(16)8-6-12-4-5-17-8;/h8,12H,4-7H2,1-3H3,(H,13,16)(H,14,15);1H. The molecule has 18 heavy (non-hydrogen) atoms. The highest BCUT2D eigenvalue weighted by Crippen LogP contribution is 1.98. The van der Waals surface area contributed by atoms with E-state index >= 15 is 0 Å². The Labute approximate surface area is 114 Å². The summed E-state index contributed by atoms with van der Waals surface area (Å²) in [5.74, 6) is -0.448. The van der Waals surface area contributed by atoms with E-state index in [1.807, 2.05) is 20.8 Å². The second-order valence-corrected chi connectivity index (χ2v) is 5.08. The first-order valence-corrected chi connectivity index (χ1v) is 5.79. The summed E-state index contributed by atoms with van der Waals surface area (Å²) in [5.41, 5.74) is -0.287. The Morgan fingerprint density at radius 2 is 2.06 bits per heavy atom. The maximum Gasteiger partial charge on any atom is 0.250 e. The number of amides is 2. The monoisotopic (exact) mass is 279 g/mol. The van der Waals surface area contributed by atoms with E-state index in [1.165, 1.54) is 0 Å². The SMILES string of the molecule is CC(C)(C)NC(=O)CNC(=O)C1CNCCO1.Cl. The van der Waals surface area contributed by atoms with Crippen LogP contribution in [0.15, 0.2) is 0 Å². The van der Waals surface area contributed by atoms with Crippen LogP contribution in [-0.2, 0) is 14.3 Å². The van der Waals surface area contributed by atoms with E-state index in [1.54, 1.807) is 0 Å². The molecule has 0 aliphatic carbocycles. The van der Waals surface area contributed by atoms with E-state index in [4.69, 9.17) is 4.74 Å². The molecule has 1 aliphatic rings. The molecule has 2 amide bonds. The van der Waals surface area contributed by atoms with Gasteiger partial charge in [0, 0.05) is 18.6 Å². The van der Waals surface area contributed by atoms with Gasteiger partial charge in [-0.1, -0.05) is 0 Å². The molecule has 3 N–H and O–H groups in total. The number of carbonyl (C=O) groups excluding carboxylic acids is 2. The minimum absolute atomic E-state index is 0. The fourth-order valence-corrected chi connectivity index (χ4v) is 1.48. The summed E-state index contributed by atoms with van der Waals surface area (Å²) >= 11 is 0. The van der Waals surface area contributed by atoms with Crippen molar-refractivity contribution in [1.29, 1.82) is 0 Å². The van der Waals surface area contributed by atoms with Gasteiger partial charge < -0.3 is 20.7 Å². The molecule has 1 rings (SSSR count). The van der Waals surface area contributed by atoms with Crippen LogP contribution in [0.1, 0.15) is 20.8 Å². The highest BCUT2D eigenvalue weighted by molar-refractivity contribution is 5.87. The fraction of sp³-hybridized carbons (Fsp3) is 0.818. The van der Waals surface area contributed by atoms with Crippen molar-refractivity contribution in [2.75, 3.05) is 26.2 Å². The Morgan fingerprint density at radius 3 is 2.56 bits per heavy atom. The third-order valence-corrected chi connectivity index (χ3v) is 2.16. The Morgan fingerprint density at radius 1 is 1.39 bits per heavy atom. The topological polar surface area (TPSA) is 79.5 Å². The molecule has 1 fully saturated rings. The number of rotatable bonds is 3. The van der Waals surface area contributed by atoms with E-state index in [-0.39, 0.29) is 36.3 Å². The van der Waals surface area contributed by atoms with Crippen LogP contribution in [0.4, 0.5) is 0 Å². The van der Waals surface area contributed by atoms with Crippen LogP contribution in [0.3, 0.4) is 0 Å². The zero-order valence-electron chi connectivity index (χ0n) is 11.0. The molecule has 0 radical (unpaired) electrons. The first-order valence-electron chi connectivity index (χ1n) is 5.79. The summed E-state index contributed by atoms with van der Waals surface area (Å²) in [4.78, 5) is 23.1. The minimum Gasteiger partial charge on any atom is -0.366 e. The molecule has 0 saturated carbocycles. The largest absolute Gasteiger partial charge is 0.366 e. The Balaban J connectivity index is 0.00000289. The Kier molecular flexibility index (Phi) is 7.20. The lowest BCUT2D eigenvalue weighted by Crippen LogP contribution is -2.51. The number of morpholine rings is 1. The summed E-state index contributed by atoms with van der Waals surface area (Å²) in [7, 11) is 0. The number of ether oxygens (including phenoxy) is 1. The lowest BCUT2D eigenvalue weighted by Gasteiger charge is -2.23. The second-order valence-electron chi connectivity index (χ2n) is 5.08. The number of nitrogens with one attached hydrogen (secondary N) is 3. The van der Waals surface area contributed by atoms with Gasteiger partial charge >= 0.3 is 0 Å². The van der Waals surface area contributed by atoms with E-state index in [2.05, 4.69) is 16.0 Å². The van der Waals surface area contributed by atoms with Gasteiger partial charge in [0.05, 0.1) is 13.2 Å². The molecule has 1 atom stereocenters. The fourth-order valence-electron chi connectivity index (χ4n) is 1.48. The lowest BCUT2D eigenvalue weighted by atomic mass is 10.1. The lowest BCUT2D eigenvalue weighted by molar-refractivity contribution is -0.136. The van der Waals surface area contributed by atoms with Gasteiger partial charge in [-0.3, -0.25) is 9.59 Å². The molecule has 0 aromatic carbocycles. The van der Waals surface area contributed by atoms with Crippen LogP contribution >= 0.6 is 12.4 Å². The minimum atomic E-state index is -0.494. The molecule has 0 aromatic rings. The van der Waals surface area contributed by atoms with Gasteiger partial charge in [0.1, 0.15) is 6.10 Å². The van der Waals surface area contributed by atoms with Gasteiger partial charge in [0.2, 0.25) is 5.91 Å². The van der Waals surface area contributed by atoms with Crippen molar-refractivity contribution in [2.24, 2.45) is 0 Å². The molecule has 106 valence electrons. The first-order chi connectivity index (χ1) is 7.88. The molecule has 0 aromatic heterocycles. The number of hydrogen-bond acceptors (Lipinski definition) is 4. The van der Waals surface area contributed by atoms with Gasteiger partial charge in [-0.25, -0.2) is 0 Å². The summed E-state index contributed by atoms with van der Waals surface area (Å²) in [6, 6.07) is 0. The molecule has 0 spiro atoms. The highest BCUT2D eigenvalue weighted by Gasteiger charge is 2.22. The van der Waals surface area contributed by atoms with Crippen molar-refractivity contribution in [1.82, 2.24) is 16.0 Å². The third kappa shape index (κ3) is 6.78. The van der Waals surface area contributed by atoms with Crippen LogP contribution < -0.4 is 16.0 Å². The average Bonchev–Trinajstić information content (AvgIpc) is 2.25. The van der Waals surface area contributed by atoms with Crippen LogP contribution in [0.2, 0.25) is 0 Å². The van der Waals surface area contributed by atoms with Crippen LogP contribution in [0, 0.1) is 0 Å². The maximum atomic E-state index is 11.6. The van der Waals surface area contributed by atoms with Gasteiger partial charge in [-0.15, -0.1) is 12.4 Å². The normalized spacial score (nSPS) is 19.6. The van der Waals surface area contributed by atoms with Crippen LogP contribution in [-0.4, -0.2) is 49.7 Å². The molecule has 7 heteroatoms.